The fraction of sp³-hybridized carbons (Fsp3) is 0.320. The number of thiocarbonyl (C=S) groups is 1. The van der Waals surface area contributed by atoms with Gasteiger partial charge in [0, 0.05) is 11.6 Å². The molecular weight excluding hydrogens is 567 g/mol. The maximum absolute atomic E-state index is 13.1. The Morgan fingerprint density at radius 2 is 2.03 bits per heavy atom. The number of nitriles is 1. The van der Waals surface area contributed by atoms with Gasteiger partial charge in [-0.1, -0.05) is 61.4 Å². The summed E-state index contributed by atoms with van der Waals surface area (Å²) in [7, 11) is 1.59. The molecule has 0 aromatic heterocycles. The first-order valence-electron chi connectivity index (χ1n) is 10.8. The first-order chi connectivity index (χ1) is 16.0. The van der Waals surface area contributed by atoms with E-state index >= 15 is 0 Å². The zero-order chi connectivity index (χ0) is 23.4. The SMILES string of the molecule is COc1cc(/C=C2/SC(=S)N(C3CCCCC3)C2=O)cc(I)c1OCc1ccccc1C#N. The van der Waals surface area contributed by atoms with Crippen LogP contribution in [0.15, 0.2) is 41.3 Å². The Labute approximate surface area is 217 Å². The Balaban J connectivity index is 1.55. The minimum atomic E-state index is -0.000637. The van der Waals surface area contributed by atoms with Crippen molar-refractivity contribution in [2.45, 2.75) is 44.8 Å². The number of methoxy groups -OCH3 is 1. The van der Waals surface area contributed by atoms with Gasteiger partial charge in [0.05, 0.1) is 27.2 Å². The van der Waals surface area contributed by atoms with E-state index in [1.165, 1.54) is 18.2 Å². The lowest BCUT2D eigenvalue weighted by atomic mass is 9.94. The zero-order valence-electron chi connectivity index (χ0n) is 18.2. The van der Waals surface area contributed by atoms with Crippen molar-refractivity contribution < 1.29 is 14.3 Å². The van der Waals surface area contributed by atoms with E-state index in [2.05, 4.69) is 28.7 Å². The Hall–Kier alpha value is -2.09. The average molecular weight is 591 g/mol. The molecular formula is C25H23IN2O3S2. The van der Waals surface area contributed by atoms with Crippen molar-refractivity contribution in [3.8, 4) is 17.6 Å². The van der Waals surface area contributed by atoms with E-state index < -0.39 is 0 Å². The summed E-state index contributed by atoms with van der Waals surface area (Å²) in [6.07, 6.45) is 7.45. The highest BCUT2D eigenvalue weighted by Gasteiger charge is 2.37. The van der Waals surface area contributed by atoms with Crippen LogP contribution in [0.25, 0.3) is 6.08 Å². The van der Waals surface area contributed by atoms with Gasteiger partial charge in [-0.25, -0.2) is 0 Å². The number of rotatable bonds is 6. The van der Waals surface area contributed by atoms with Crippen LogP contribution in [0.3, 0.4) is 0 Å². The van der Waals surface area contributed by atoms with Gasteiger partial charge in [-0.3, -0.25) is 9.69 Å². The molecule has 0 bridgehead atoms. The van der Waals surface area contributed by atoms with Crippen molar-refractivity contribution in [3.05, 3.63) is 61.6 Å². The van der Waals surface area contributed by atoms with Crippen LogP contribution in [0.1, 0.15) is 48.8 Å². The summed E-state index contributed by atoms with van der Waals surface area (Å²) in [5, 5.41) is 9.30. The molecule has 1 saturated heterocycles. The van der Waals surface area contributed by atoms with E-state index in [0.717, 1.165) is 40.4 Å². The van der Waals surface area contributed by atoms with Gasteiger partial charge >= 0.3 is 0 Å². The summed E-state index contributed by atoms with van der Waals surface area (Å²) < 4.78 is 13.1. The molecule has 2 aromatic carbocycles. The Kier molecular flexibility index (Phi) is 7.94. The summed E-state index contributed by atoms with van der Waals surface area (Å²) >= 11 is 9.12. The number of benzene rings is 2. The van der Waals surface area contributed by atoms with E-state index in [9.17, 15) is 10.1 Å². The molecule has 0 spiro atoms. The van der Waals surface area contributed by atoms with Crippen LogP contribution in [0.2, 0.25) is 0 Å². The van der Waals surface area contributed by atoms with Gasteiger partial charge in [-0.15, -0.1) is 0 Å². The molecule has 0 unspecified atom stereocenters. The van der Waals surface area contributed by atoms with Crippen molar-refractivity contribution in [1.82, 2.24) is 4.90 Å². The maximum atomic E-state index is 13.1. The van der Waals surface area contributed by atoms with Crippen LogP contribution in [0.4, 0.5) is 0 Å². The second kappa shape index (κ2) is 10.9. The zero-order valence-corrected chi connectivity index (χ0v) is 22.0. The van der Waals surface area contributed by atoms with Gasteiger partial charge < -0.3 is 9.47 Å². The van der Waals surface area contributed by atoms with E-state index in [1.807, 2.05) is 41.3 Å². The van der Waals surface area contributed by atoms with E-state index in [4.69, 9.17) is 21.7 Å². The lowest BCUT2D eigenvalue weighted by Gasteiger charge is -2.29. The molecule has 0 radical (unpaired) electrons. The van der Waals surface area contributed by atoms with Gasteiger partial charge in [0.2, 0.25) is 0 Å². The number of thioether (sulfide) groups is 1. The molecule has 2 aliphatic rings. The first-order valence-corrected chi connectivity index (χ1v) is 13.1. The van der Waals surface area contributed by atoms with Crippen molar-refractivity contribution in [2.24, 2.45) is 0 Å². The molecule has 2 aromatic rings. The standard InChI is InChI=1S/C25H23IN2O3S2/c1-30-21-12-16(11-20(26)23(21)31-15-18-8-6-5-7-17(18)14-27)13-22-24(29)28(25(32)33-22)19-9-3-2-4-10-19/h5-8,11-13,19H,2-4,9-10,15H2,1H3/b22-13+. The Morgan fingerprint density at radius 3 is 2.76 bits per heavy atom. The molecule has 1 amide bonds. The summed E-state index contributed by atoms with van der Waals surface area (Å²) in [5.74, 6) is 1.18. The molecule has 33 heavy (non-hydrogen) atoms. The third-order valence-electron chi connectivity index (χ3n) is 5.82. The minimum Gasteiger partial charge on any atom is -0.493 e. The summed E-state index contributed by atoms with van der Waals surface area (Å²) in [6, 6.07) is 13.6. The van der Waals surface area contributed by atoms with Crippen LogP contribution < -0.4 is 9.47 Å². The topological polar surface area (TPSA) is 62.6 Å². The normalized spacial score (nSPS) is 18.0. The number of carbonyl (C=O) groups excluding carboxylic acids is 1. The molecule has 1 aliphatic heterocycles. The van der Waals surface area contributed by atoms with Crippen molar-refractivity contribution >= 4 is 62.9 Å². The molecule has 0 atom stereocenters. The molecule has 1 aliphatic carbocycles. The maximum Gasteiger partial charge on any atom is 0.266 e. The second-order valence-corrected chi connectivity index (χ2v) is 10.8. The summed E-state index contributed by atoms with van der Waals surface area (Å²) in [5.41, 5.74) is 2.25. The number of hydrogen-bond acceptors (Lipinski definition) is 6. The quantitative estimate of drug-likeness (QED) is 0.224. The summed E-state index contributed by atoms with van der Waals surface area (Å²) in [4.78, 5) is 15.6. The van der Waals surface area contributed by atoms with Crippen LogP contribution in [0, 0.1) is 14.9 Å². The molecule has 1 heterocycles. The van der Waals surface area contributed by atoms with Gasteiger partial charge in [-0.05, 0) is 65.3 Å². The minimum absolute atomic E-state index is 0.000637. The fourth-order valence-electron chi connectivity index (χ4n) is 4.15. The van der Waals surface area contributed by atoms with E-state index in [1.54, 1.807) is 13.2 Å². The summed E-state index contributed by atoms with van der Waals surface area (Å²) in [6.45, 7) is 0.259. The molecule has 8 heteroatoms. The van der Waals surface area contributed by atoms with Crippen molar-refractivity contribution in [2.75, 3.05) is 7.11 Å². The third kappa shape index (κ3) is 5.36. The van der Waals surface area contributed by atoms with Gasteiger partial charge in [0.1, 0.15) is 10.9 Å². The van der Waals surface area contributed by atoms with E-state index in [0.29, 0.717) is 26.3 Å². The average Bonchev–Trinajstić information content (AvgIpc) is 3.11. The number of ether oxygens (including phenoxy) is 2. The highest BCUT2D eigenvalue weighted by atomic mass is 127. The molecule has 1 saturated carbocycles. The molecule has 5 nitrogen and oxygen atoms in total. The second-order valence-electron chi connectivity index (χ2n) is 7.94. The van der Waals surface area contributed by atoms with Gasteiger partial charge in [0.15, 0.2) is 11.5 Å². The number of halogens is 1. The first kappa shape index (κ1) is 24.0. The molecule has 2 fully saturated rings. The van der Waals surface area contributed by atoms with Crippen molar-refractivity contribution in [1.29, 1.82) is 5.26 Å². The predicted octanol–water partition coefficient (Wildman–Crippen LogP) is 6.28. The third-order valence-corrected chi connectivity index (χ3v) is 7.95. The van der Waals surface area contributed by atoms with Crippen LogP contribution in [-0.4, -0.2) is 28.3 Å². The lowest BCUT2D eigenvalue weighted by molar-refractivity contribution is -0.124. The lowest BCUT2D eigenvalue weighted by Crippen LogP contribution is -2.39. The number of carbonyl (C=O) groups is 1. The molecule has 170 valence electrons. The van der Waals surface area contributed by atoms with E-state index in [-0.39, 0.29) is 18.6 Å². The fourth-order valence-corrected chi connectivity index (χ4v) is 6.34. The molecule has 4 rings (SSSR count). The van der Waals surface area contributed by atoms with Crippen molar-refractivity contribution in [3.63, 3.8) is 0 Å². The number of amides is 1. The Bertz CT molecular complexity index is 1150. The largest absolute Gasteiger partial charge is 0.493 e. The van der Waals surface area contributed by atoms with Gasteiger partial charge in [-0.2, -0.15) is 5.26 Å². The van der Waals surface area contributed by atoms with Crippen LogP contribution in [-0.2, 0) is 11.4 Å². The highest BCUT2D eigenvalue weighted by Crippen LogP contribution is 2.39. The number of hydrogen-bond donors (Lipinski definition) is 0. The van der Waals surface area contributed by atoms with Crippen LogP contribution in [0.5, 0.6) is 11.5 Å². The Morgan fingerprint density at radius 1 is 1.27 bits per heavy atom. The van der Waals surface area contributed by atoms with Gasteiger partial charge in [0.25, 0.3) is 5.91 Å². The van der Waals surface area contributed by atoms with Crippen LogP contribution >= 0.6 is 46.6 Å². The molecule has 0 N–H and O–H groups in total. The monoisotopic (exact) mass is 590 g/mol. The predicted molar refractivity (Wildman–Crippen MR) is 143 cm³/mol. The number of nitrogens with zero attached hydrogens (tertiary/aromatic N) is 2. The smallest absolute Gasteiger partial charge is 0.266 e. The highest BCUT2D eigenvalue weighted by molar-refractivity contribution is 14.1.